The lowest BCUT2D eigenvalue weighted by Gasteiger charge is -2.21. The molecule has 2 saturated heterocycles. The maximum Gasteiger partial charge on any atom is 0.222 e. The van der Waals surface area contributed by atoms with E-state index in [0.29, 0.717) is 25.6 Å². The number of aliphatic hydroxyl groups is 1. The van der Waals surface area contributed by atoms with Gasteiger partial charge < -0.3 is 25.2 Å². The van der Waals surface area contributed by atoms with Gasteiger partial charge in [0.2, 0.25) is 5.91 Å². The molecule has 27 heavy (non-hydrogen) atoms. The molecule has 1 aromatic heterocycles. The minimum atomic E-state index is -0.632. The van der Waals surface area contributed by atoms with E-state index in [4.69, 9.17) is 9.47 Å². The number of nitrogens with one attached hydrogen (secondary N) is 2. The Balaban J connectivity index is 1.18. The molecule has 0 aromatic carbocycles. The topological polar surface area (TPSA) is 97.6 Å². The van der Waals surface area contributed by atoms with Crippen molar-refractivity contribution < 1.29 is 19.4 Å². The van der Waals surface area contributed by atoms with Crippen LogP contribution >= 0.6 is 0 Å². The summed E-state index contributed by atoms with van der Waals surface area (Å²) in [5.74, 6) is -0.0576. The summed E-state index contributed by atoms with van der Waals surface area (Å²) in [5.41, 5.74) is 0.964. The first-order chi connectivity index (χ1) is 13.1. The van der Waals surface area contributed by atoms with Gasteiger partial charge in [-0.1, -0.05) is 12.8 Å². The molecule has 8 nitrogen and oxygen atoms in total. The van der Waals surface area contributed by atoms with Gasteiger partial charge in [-0.25, -0.2) is 0 Å². The van der Waals surface area contributed by atoms with E-state index in [1.165, 1.54) is 25.7 Å². The van der Waals surface area contributed by atoms with Crippen LogP contribution in [0.15, 0.2) is 12.4 Å². The molecule has 3 aliphatic rings. The standard InChI is InChI=1S/C19H30N4O4/c1-23-11-12(9-22-23)8-21-17(24)7-14-6-15-19(26-14)18(25)16(27-15)10-20-13-4-2-3-5-13/h9,11,13-16,18-20,25H,2-8,10H2,1H3,(H,21,24). The van der Waals surface area contributed by atoms with Gasteiger partial charge in [0.15, 0.2) is 0 Å². The molecule has 0 radical (unpaired) electrons. The lowest BCUT2D eigenvalue weighted by molar-refractivity contribution is -0.124. The highest BCUT2D eigenvalue weighted by molar-refractivity contribution is 5.76. The van der Waals surface area contributed by atoms with Crippen LogP contribution in [0.3, 0.4) is 0 Å². The highest BCUT2D eigenvalue weighted by atomic mass is 16.6. The van der Waals surface area contributed by atoms with Crippen molar-refractivity contribution in [2.24, 2.45) is 7.05 Å². The van der Waals surface area contributed by atoms with Crippen molar-refractivity contribution in [3.8, 4) is 0 Å². The summed E-state index contributed by atoms with van der Waals surface area (Å²) >= 11 is 0. The second-order valence-corrected chi connectivity index (χ2v) is 8.05. The van der Waals surface area contributed by atoms with Crippen LogP contribution in [0.2, 0.25) is 0 Å². The Bertz CT molecular complexity index is 645. The van der Waals surface area contributed by atoms with Crippen molar-refractivity contribution in [1.29, 1.82) is 0 Å². The lowest BCUT2D eigenvalue weighted by atomic mass is 10.1. The van der Waals surface area contributed by atoms with E-state index in [9.17, 15) is 9.90 Å². The molecule has 3 fully saturated rings. The van der Waals surface area contributed by atoms with E-state index in [0.717, 1.165) is 5.56 Å². The van der Waals surface area contributed by atoms with Gasteiger partial charge in [-0.05, 0) is 12.8 Å². The van der Waals surface area contributed by atoms with E-state index in [1.54, 1.807) is 10.9 Å². The number of carbonyl (C=O) groups is 1. The highest BCUT2D eigenvalue weighted by Crippen LogP contribution is 2.35. The number of ether oxygens (including phenoxy) is 2. The molecule has 0 bridgehead atoms. The third kappa shape index (κ3) is 4.51. The molecule has 2 aliphatic heterocycles. The summed E-state index contributed by atoms with van der Waals surface area (Å²) in [6.45, 7) is 1.12. The summed E-state index contributed by atoms with van der Waals surface area (Å²) in [6.07, 6.45) is 8.04. The van der Waals surface area contributed by atoms with Crippen LogP contribution in [-0.2, 0) is 27.9 Å². The highest BCUT2D eigenvalue weighted by Gasteiger charge is 2.50. The number of hydrogen-bond acceptors (Lipinski definition) is 6. The Hall–Kier alpha value is -1.48. The van der Waals surface area contributed by atoms with Gasteiger partial charge in [0.1, 0.15) is 12.2 Å². The molecule has 1 saturated carbocycles. The minimum absolute atomic E-state index is 0.0576. The fourth-order valence-electron chi connectivity index (χ4n) is 4.46. The van der Waals surface area contributed by atoms with E-state index < -0.39 is 6.10 Å². The van der Waals surface area contributed by atoms with Crippen molar-refractivity contribution in [3.05, 3.63) is 18.0 Å². The predicted octanol–water partition coefficient (Wildman–Crippen LogP) is 0.244. The average Bonchev–Trinajstić information content (AvgIpc) is 3.40. The molecule has 4 rings (SSSR count). The van der Waals surface area contributed by atoms with Gasteiger partial charge in [-0.15, -0.1) is 0 Å². The van der Waals surface area contributed by atoms with Crippen LogP contribution in [0.4, 0.5) is 0 Å². The van der Waals surface area contributed by atoms with E-state index in [1.807, 2.05) is 13.2 Å². The molecule has 150 valence electrons. The lowest BCUT2D eigenvalue weighted by Crippen LogP contribution is -2.41. The normalized spacial score (nSPS) is 33.5. The first kappa shape index (κ1) is 18.9. The summed E-state index contributed by atoms with van der Waals surface area (Å²) in [5, 5.41) is 21.0. The Labute approximate surface area is 159 Å². The average molecular weight is 378 g/mol. The number of carbonyl (C=O) groups excluding carboxylic acids is 1. The molecule has 3 N–H and O–H groups in total. The van der Waals surface area contributed by atoms with Crippen LogP contribution in [0.1, 0.15) is 44.1 Å². The van der Waals surface area contributed by atoms with Crippen molar-refractivity contribution in [3.63, 3.8) is 0 Å². The second-order valence-electron chi connectivity index (χ2n) is 8.05. The Kier molecular flexibility index (Phi) is 5.77. The molecule has 8 heteroatoms. The molecular formula is C19H30N4O4. The summed E-state index contributed by atoms with van der Waals surface area (Å²) in [6, 6.07) is 0.554. The minimum Gasteiger partial charge on any atom is -0.388 e. The molecule has 3 heterocycles. The molecule has 5 atom stereocenters. The monoisotopic (exact) mass is 378 g/mol. The van der Waals surface area contributed by atoms with Gasteiger partial charge in [-0.3, -0.25) is 9.48 Å². The summed E-state index contributed by atoms with van der Waals surface area (Å²) < 4.78 is 13.7. The first-order valence-electron chi connectivity index (χ1n) is 10.0. The number of hydrogen-bond donors (Lipinski definition) is 3. The van der Waals surface area contributed by atoms with E-state index >= 15 is 0 Å². The van der Waals surface area contributed by atoms with Gasteiger partial charge in [0.05, 0.1) is 30.9 Å². The number of aryl methyl sites for hydroxylation is 1. The summed E-state index contributed by atoms with van der Waals surface area (Å²) in [4.78, 5) is 12.2. The molecule has 1 aromatic rings. The largest absolute Gasteiger partial charge is 0.388 e. The number of aliphatic hydroxyl groups excluding tert-OH is 1. The summed E-state index contributed by atoms with van der Waals surface area (Å²) in [7, 11) is 1.85. The molecule has 1 aliphatic carbocycles. The number of rotatable bonds is 7. The van der Waals surface area contributed by atoms with Crippen molar-refractivity contribution in [1.82, 2.24) is 20.4 Å². The quantitative estimate of drug-likeness (QED) is 0.629. The van der Waals surface area contributed by atoms with Crippen LogP contribution in [-0.4, -0.2) is 63.9 Å². The van der Waals surface area contributed by atoms with E-state index in [2.05, 4.69) is 15.7 Å². The smallest absolute Gasteiger partial charge is 0.222 e. The van der Waals surface area contributed by atoms with Gasteiger partial charge in [0, 0.05) is 44.4 Å². The number of aromatic nitrogens is 2. The molecular weight excluding hydrogens is 348 g/mol. The molecule has 0 spiro atoms. The van der Waals surface area contributed by atoms with Gasteiger partial charge in [-0.2, -0.15) is 5.10 Å². The van der Waals surface area contributed by atoms with Gasteiger partial charge in [0.25, 0.3) is 0 Å². The second kappa shape index (κ2) is 8.26. The van der Waals surface area contributed by atoms with Crippen LogP contribution in [0.25, 0.3) is 0 Å². The first-order valence-corrected chi connectivity index (χ1v) is 10.0. The maximum atomic E-state index is 12.2. The van der Waals surface area contributed by atoms with E-state index in [-0.39, 0.29) is 36.7 Å². The van der Waals surface area contributed by atoms with Crippen molar-refractivity contribution in [2.45, 2.75) is 81.6 Å². The Morgan fingerprint density at radius 3 is 2.89 bits per heavy atom. The number of nitrogens with zero attached hydrogens (tertiary/aromatic N) is 2. The Morgan fingerprint density at radius 2 is 2.19 bits per heavy atom. The number of amides is 1. The van der Waals surface area contributed by atoms with Crippen LogP contribution in [0, 0.1) is 0 Å². The zero-order chi connectivity index (χ0) is 18.8. The van der Waals surface area contributed by atoms with Crippen LogP contribution < -0.4 is 10.6 Å². The van der Waals surface area contributed by atoms with Gasteiger partial charge >= 0.3 is 0 Å². The van der Waals surface area contributed by atoms with Crippen molar-refractivity contribution in [2.75, 3.05) is 6.54 Å². The third-order valence-electron chi connectivity index (χ3n) is 5.90. The fraction of sp³-hybridized carbons (Fsp3) is 0.789. The SMILES string of the molecule is Cn1cc(CNC(=O)CC2CC3OC(CNC4CCCC4)C(O)C3O2)cn1. The zero-order valence-corrected chi connectivity index (χ0v) is 15.8. The molecule has 1 amide bonds. The maximum absolute atomic E-state index is 12.2. The zero-order valence-electron chi connectivity index (χ0n) is 15.8. The fourth-order valence-corrected chi connectivity index (χ4v) is 4.46. The predicted molar refractivity (Wildman–Crippen MR) is 97.9 cm³/mol. The number of fused-ring (bicyclic) bond motifs is 1. The molecule has 5 unspecified atom stereocenters. The third-order valence-corrected chi connectivity index (χ3v) is 5.90. The Morgan fingerprint density at radius 1 is 1.37 bits per heavy atom. The van der Waals surface area contributed by atoms with Crippen molar-refractivity contribution >= 4 is 5.91 Å². The van der Waals surface area contributed by atoms with Crippen LogP contribution in [0.5, 0.6) is 0 Å².